The second-order valence-electron chi connectivity index (χ2n) is 2.22. The smallest absolute Gasteiger partial charge is 0.316 e. The summed E-state index contributed by atoms with van der Waals surface area (Å²) in [6.07, 6.45) is 0. The molecule has 1 aromatic rings. The number of benzene rings is 1. The van der Waals surface area contributed by atoms with E-state index in [0.29, 0.717) is 5.69 Å². The van der Waals surface area contributed by atoms with Crippen LogP contribution in [0.3, 0.4) is 0 Å². The van der Waals surface area contributed by atoms with Crippen molar-refractivity contribution in [1.82, 2.24) is 0 Å². The molecule has 3 N–H and O–H groups in total. The minimum Gasteiger partial charge on any atom is -0.497 e. The standard InChI is InChI=1S/C8H10N2O2.C2H6.2H2/c1-12-7-4-2-6(3-5-7)10-8(9)11;1-2;;/h2-5H,1H3,(H3,9,10,11);1-2H3;2*1H. The third-order valence-electron chi connectivity index (χ3n) is 1.36. The molecule has 0 aliphatic carbocycles. The van der Waals surface area contributed by atoms with Crippen LogP contribution in [0.2, 0.25) is 0 Å². The third kappa shape index (κ3) is 4.35. The van der Waals surface area contributed by atoms with Crippen molar-refractivity contribution in [2.24, 2.45) is 5.73 Å². The van der Waals surface area contributed by atoms with Crippen LogP contribution in [0.15, 0.2) is 24.3 Å². The van der Waals surface area contributed by atoms with Crippen molar-refractivity contribution in [2.75, 3.05) is 12.4 Å². The third-order valence-corrected chi connectivity index (χ3v) is 1.36. The fraction of sp³-hybridized carbons (Fsp3) is 0.300. The van der Waals surface area contributed by atoms with Gasteiger partial charge in [-0.05, 0) is 24.3 Å². The second-order valence-corrected chi connectivity index (χ2v) is 2.22. The normalized spacial score (nSPS) is 8.21. The van der Waals surface area contributed by atoms with E-state index in [1.165, 1.54) is 0 Å². The Labute approximate surface area is 87.0 Å². The molecule has 4 nitrogen and oxygen atoms in total. The summed E-state index contributed by atoms with van der Waals surface area (Å²) in [6, 6.07) is 6.34. The highest BCUT2D eigenvalue weighted by Crippen LogP contribution is 2.14. The van der Waals surface area contributed by atoms with Gasteiger partial charge in [0.2, 0.25) is 0 Å². The number of carbonyl (C=O) groups excluding carboxylic acids is 1. The number of anilines is 1. The molecule has 14 heavy (non-hydrogen) atoms. The molecule has 0 saturated carbocycles. The summed E-state index contributed by atoms with van der Waals surface area (Å²) < 4.78 is 4.93. The average molecular weight is 200 g/mol. The molecule has 0 fully saturated rings. The first-order chi connectivity index (χ1) is 6.72. The Hall–Kier alpha value is -1.71. The Morgan fingerprint density at radius 1 is 1.36 bits per heavy atom. The highest BCUT2D eigenvalue weighted by Gasteiger charge is 1.95. The molecule has 0 heterocycles. The predicted octanol–water partition coefficient (Wildman–Crippen LogP) is 2.70. The summed E-state index contributed by atoms with van der Waals surface area (Å²) in [5.74, 6) is 0.741. The fourth-order valence-corrected chi connectivity index (χ4v) is 0.817. The molecule has 0 atom stereocenters. The topological polar surface area (TPSA) is 64.3 Å². The van der Waals surface area contributed by atoms with Gasteiger partial charge in [0.15, 0.2) is 0 Å². The van der Waals surface area contributed by atoms with Gasteiger partial charge in [0, 0.05) is 8.54 Å². The molecule has 0 radical (unpaired) electrons. The molecule has 82 valence electrons. The molecule has 0 aliphatic heterocycles. The summed E-state index contributed by atoms with van der Waals surface area (Å²) in [4.78, 5) is 10.4. The molecule has 0 unspecified atom stereocenters. The van der Waals surface area contributed by atoms with Crippen molar-refractivity contribution >= 4 is 11.7 Å². The first-order valence-electron chi connectivity index (χ1n) is 4.43. The second kappa shape index (κ2) is 6.77. The minimum absolute atomic E-state index is 0. The Morgan fingerprint density at radius 2 is 1.86 bits per heavy atom. The Bertz CT molecular complexity index is 279. The lowest BCUT2D eigenvalue weighted by atomic mass is 10.3. The van der Waals surface area contributed by atoms with Crippen LogP contribution in [0.1, 0.15) is 16.7 Å². The van der Waals surface area contributed by atoms with E-state index in [2.05, 4.69) is 5.32 Å². The number of hydrogen-bond donors (Lipinski definition) is 2. The maximum Gasteiger partial charge on any atom is 0.316 e. The number of carbonyl (C=O) groups is 1. The van der Waals surface area contributed by atoms with Crippen LogP contribution in [0.25, 0.3) is 0 Å². The fourth-order valence-electron chi connectivity index (χ4n) is 0.817. The van der Waals surface area contributed by atoms with Crippen molar-refractivity contribution in [3.8, 4) is 5.75 Å². The lowest BCUT2D eigenvalue weighted by Crippen LogP contribution is -2.19. The molecule has 0 bridgehead atoms. The first kappa shape index (κ1) is 12.3. The van der Waals surface area contributed by atoms with Crippen molar-refractivity contribution in [3.63, 3.8) is 0 Å². The number of nitrogens with one attached hydrogen (secondary N) is 1. The maximum absolute atomic E-state index is 10.4. The summed E-state index contributed by atoms with van der Waals surface area (Å²) in [6.45, 7) is 4.00. The molecular weight excluding hydrogens is 180 g/mol. The minimum atomic E-state index is -0.569. The Morgan fingerprint density at radius 3 is 2.21 bits per heavy atom. The number of ether oxygens (including phenoxy) is 1. The van der Waals surface area contributed by atoms with Gasteiger partial charge in [-0.15, -0.1) is 0 Å². The zero-order valence-corrected chi connectivity index (χ0v) is 8.70. The number of nitrogens with two attached hydrogens (primary N) is 1. The zero-order chi connectivity index (χ0) is 11.0. The Balaban J connectivity index is -0.000000399. The maximum atomic E-state index is 10.4. The highest BCUT2D eigenvalue weighted by molar-refractivity contribution is 5.87. The van der Waals surface area contributed by atoms with Crippen LogP contribution in [0.4, 0.5) is 10.5 Å². The first-order valence-corrected chi connectivity index (χ1v) is 4.43. The van der Waals surface area contributed by atoms with Gasteiger partial charge in [-0.25, -0.2) is 4.79 Å². The number of primary amides is 1. The Kier molecular flexibility index (Phi) is 5.94. The van der Waals surface area contributed by atoms with E-state index in [9.17, 15) is 4.79 Å². The molecule has 2 amide bonds. The van der Waals surface area contributed by atoms with Gasteiger partial charge in [-0.2, -0.15) is 0 Å². The van der Waals surface area contributed by atoms with Crippen LogP contribution in [-0.2, 0) is 0 Å². The van der Waals surface area contributed by atoms with Crippen LogP contribution < -0.4 is 15.8 Å². The number of amides is 2. The molecular formula is C10H20N2O2. The summed E-state index contributed by atoms with van der Waals surface area (Å²) in [7, 11) is 1.58. The quantitative estimate of drug-likeness (QED) is 0.770. The lowest BCUT2D eigenvalue weighted by Gasteiger charge is -2.02. The van der Waals surface area contributed by atoms with E-state index in [1.54, 1.807) is 31.4 Å². The van der Waals surface area contributed by atoms with Crippen LogP contribution >= 0.6 is 0 Å². The zero-order valence-electron chi connectivity index (χ0n) is 8.70. The van der Waals surface area contributed by atoms with Gasteiger partial charge < -0.3 is 15.8 Å². The summed E-state index contributed by atoms with van der Waals surface area (Å²) in [5, 5.41) is 2.44. The van der Waals surface area contributed by atoms with Crippen LogP contribution in [0.5, 0.6) is 5.75 Å². The van der Waals surface area contributed by atoms with E-state index in [4.69, 9.17) is 10.5 Å². The summed E-state index contributed by atoms with van der Waals surface area (Å²) >= 11 is 0. The number of urea groups is 1. The van der Waals surface area contributed by atoms with Crippen molar-refractivity contribution in [3.05, 3.63) is 24.3 Å². The molecule has 1 rings (SSSR count). The number of rotatable bonds is 2. The van der Waals surface area contributed by atoms with Gasteiger partial charge in [-0.3, -0.25) is 0 Å². The van der Waals surface area contributed by atoms with Crippen LogP contribution in [0, 0.1) is 0 Å². The average Bonchev–Trinajstić information content (AvgIpc) is 2.21. The lowest BCUT2D eigenvalue weighted by molar-refractivity contribution is 0.259. The van der Waals surface area contributed by atoms with Gasteiger partial charge in [0.1, 0.15) is 5.75 Å². The van der Waals surface area contributed by atoms with E-state index >= 15 is 0 Å². The number of hydrogen-bond acceptors (Lipinski definition) is 2. The van der Waals surface area contributed by atoms with Gasteiger partial charge in [0.05, 0.1) is 7.11 Å². The predicted molar refractivity (Wildman–Crippen MR) is 61.8 cm³/mol. The monoisotopic (exact) mass is 200 g/mol. The highest BCUT2D eigenvalue weighted by atomic mass is 16.5. The molecule has 1 aromatic carbocycles. The largest absolute Gasteiger partial charge is 0.497 e. The van der Waals surface area contributed by atoms with E-state index in [0.717, 1.165) is 5.75 Å². The SMILES string of the molecule is CC.COc1ccc(NC(N)=O)cc1.[HH].[HH]. The molecule has 0 aliphatic rings. The van der Waals surface area contributed by atoms with Crippen LogP contribution in [-0.4, -0.2) is 13.1 Å². The van der Waals surface area contributed by atoms with Gasteiger partial charge in [-0.1, -0.05) is 13.8 Å². The van der Waals surface area contributed by atoms with E-state index in [-0.39, 0.29) is 2.85 Å². The van der Waals surface area contributed by atoms with E-state index < -0.39 is 6.03 Å². The van der Waals surface area contributed by atoms with E-state index in [1.807, 2.05) is 13.8 Å². The molecule has 0 saturated heterocycles. The van der Waals surface area contributed by atoms with Crippen molar-refractivity contribution in [2.45, 2.75) is 13.8 Å². The molecule has 0 spiro atoms. The van der Waals surface area contributed by atoms with Gasteiger partial charge >= 0.3 is 6.03 Å². The summed E-state index contributed by atoms with van der Waals surface area (Å²) in [5.41, 5.74) is 5.57. The molecule has 4 heteroatoms. The van der Waals surface area contributed by atoms with Gasteiger partial charge in [0.25, 0.3) is 0 Å². The molecule has 0 aromatic heterocycles. The number of methoxy groups -OCH3 is 1. The van der Waals surface area contributed by atoms with Crippen molar-refractivity contribution in [1.29, 1.82) is 0 Å². The van der Waals surface area contributed by atoms with Crippen molar-refractivity contribution < 1.29 is 12.4 Å².